The third-order valence-corrected chi connectivity index (χ3v) is 8.02. The Morgan fingerprint density at radius 3 is 2.62 bits per heavy atom. The number of primary amides is 1. The van der Waals surface area contributed by atoms with E-state index in [0.29, 0.717) is 12.5 Å². The number of aryl methyl sites for hydroxylation is 2. The van der Waals surface area contributed by atoms with Crippen LogP contribution in [0.3, 0.4) is 0 Å². The maximum Gasteiger partial charge on any atom is 0.231 e. The molecule has 0 radical (unpaired) electrons. The molecule has 0 aliphatic carbocycles. The summed E-state index contributed by atoms with van der Waals surface area (Å²) in [5, 5.41) is 5.93. The van der Waals surface area contributed by atoms with Crippen molar-refractivity contribution in [1.82, 2.24) is 29.6 Å². The van der Waals surface area contributed by atoms with Crippen LogP contribution in [-0.2, 0) is 24.8 Å². The van der Waals surface area contributed by atoms with Crippen molar-refractivity contribution in [2.45, 2.75) is 39.7 Å². The molecule has 3 aromatic heterocycles. The Bertz CT molecular complexity index is 1530. The van der Waals surface area contributed by atoms with Crippen LogP contribution < -0.4 is 15.5 Å². The first-order chi connectivity index (χ1) is 18.8. The van der Waals surface area contributed by atoms with Crippen LogP contribution in [0, 0.1) is 6.92 Å². The van der Waals surface area contributed by atoms with Gasteiger partial charge in [-0.3, -0.25) is 14.4 Å². The van der Waals surface area contributed by atoms with E-state index in [1.54, 1.807) is 0 Å². The predicted molar refractivity (Wildman–Crippen MR) is 154 cm³/mol. The lowest BCUT2D eigenvalue weighted by atomic mass is 10.0. The molecule has 5 heterocycles. The Morgan fingerprint density at radius 2 is 1.90 bits per heavy atom. The molecule has 4 aromatic rings. The van der Waals surface area contributed by atoms with Gasteiger partial charge in [0.1, 0.15) is 11.6 Å². The molecule has 6 rings (SSSR count). The molecule has 1 saturated heterocycles. The highest BCUT2D eigenvalue weighted by Crippen LogP contribution is 2.35. The van der Waals surface area contributed by atoms with Crippen LogP contribution in [0.4, 0.5) is 11.6 Å². The number of hydrogen-bond donors (Lipinski definition) is 2. The van der Waals surface area contributed by atoms with Gasteiger partial charge in [-0.25, -0.2) is 9.97 Å². The topological polar surface area (TPSA) is 112 Å². The van der Waals surface area contributed by atoms with Crippen molar-refractivity contribution in [3.05, 3.63) is 53.0 Å². The highest BCUT2D eigenvalue weighted by molar-refractivity contribution is 5.96. The van der Waals surface area contributed by atoms with Gasteiger partial charge in [-0.1, -0.05) is 26.0 Å². The molecule has 39 heavy (non-hydrogen) atoms. The van der Waals surface area contributed by atoms with Crippen LogP contribution in [0.25, 0.3) is 22.3 Å². The fourth-order valence-electron chi connectivity index (χ4n) is 5.91. The van der Waals surface area contributed by atoms with Gasteiger partial charge in [-0.15, -0.1) is 0 Å². The molecule has 204 valence electrons. The number of aromatic amines is 1. The average Bonchev–Trinajstić information content (AvgIpc) is 3.50. The third-order valence-electron chi connectivity index (χ3n) is 8.02. The minimum absolute atomic E-state index is 0.285. The van der Waals surface area contributed by atoms with Gasteiger partial charge in [0.15, 0.2) is 5.82 Å². The Kier molecular flexibility index (Phi) is 6.50. The molecule has 1 aromatic carbocycles. The normalized spacial score (nSPS) is 16.3. The molecule has 0 bridgehead atoms. The van der Waals surface area contributed by atoms with Crippen molar-refractivity contribution in [2.24, 2.45) is 12.8 Å². The summed E-state index contributed by atoms with van der Waals surface area (Å²) >= 11 is 0. The van der Waals surface area contributed by atoms with Crippen LogP contribution in [-0.4, -0.2) is 74.8 Å². The number of piperazine rings is 1. The molecular formula is C29H37N9O. The van der Waals surface area contributed by atoms with Crippen molar-refractivity contribution in [3.8, 4) is 11.4 Å². The van der Waals surface area contributed by atoms with E-state index in [9.17, 15) is 4.79 Å². The van der Waals surface area contributed by atoms with Crippen LogP contribution in [0.15, 0.2) is 30.5 Å². The second-order valence-corrected chi connectivity index (χ2v) is 11.1. The van der Waals surface area contributed by atoms with E-state index < -0.39 is 0 Å². The van der Waals surface area contributed by atoms with E-state index in [-0.39, 0.29) is 5.91 Å². The number of rotatable bonds is 6. The number of nitrogens with one attached hydrogen (secondary N) is 1. The Labute approximate surface area is 228 Å². The first-order valence-corrected chi connectivity index (χ1v) is 13.8. The number of nitrogens with zero attached hydrogens (tertiary/aromatic N) is 7. The zero-order valence-corrected chi connectivity index (χ0v) is 23.2. The molecule has 2 aliphatic rings. The smallest absolute Gasteiger partial charge is 0.231 e. The number of fused-ring (bicyclic) bond motifs is 2. The van der Waals surface area contributed by atoms with E-state index >= 15 is 0 Å². The number of aromatic nitrogens is 5. The lowest BCUT2D eigenvalue weighted by Gasteiger charge is -2.38. The number of amides is 1. The number of anilines is 2. The third kappa shape index (κ3) is 4.73. The van der Waals surface area contributed by atoms with Gasteiger partial charge in [-0.2, -0.15) is 5.10 Å². The molecule has 2 aliphatic heterocycles. The van der Waals surface area contributed by atoms with Gasteiger partial charge in [-0.05, 0) is 24.5 Å². The molecule has 1 fully saturated rings. The Balaban J connectivity index is 1.41. The number of hydrogen-bond acceptors (Lipinski definition) is 7. The SMILES string of the molecule is Cc1c[nH]c2cccc(-c3nc4c(c(N5CCN(CC(N)=O)CC5)n3)CN(c3cc(C(C)C)nn3C)CC4)c12. The summed E-state index contributed by atoms with van der Waals surface area (Å²) in [5.41, 5.74) is 12.2. The second-order valence-electron chi connectivity index (χ2n) is 11.1. The van der Waals surface area contributed by atoms with E-state index in [2.05, 4.69) is 64.7 Å². The molecule has 0 unspecified atom stereocenters. The number of benzene rings is 1. The number of carbonyl (C=O) groups is 1. The first-order valence-electron chi connectivity index (χ1n) is 13.8. The van der Waals surface area contributed by atoms with Crippen molar-refractivity contribution in [1.29, 1.82) is 0 Å². The Morgan fingerprint density at radius 1 is 1.10 bits per heavy atom. The van der Waals surface area contributed by atoms with Gasteiger partial charge in [0.2, 0.25) is 5.91 Å². The van der Waals surface area contributed by atoms with Crippen LogP contribution >= 0.6 is 0 Å². The van der Waals surface area contributed by atoms with Gasteiger partial charge in [0, 0.05) is 87.0 Å². The van der Waals surface area contributed by atoms with Gasteiger partial charge < -0.3 is 20.5 Å². The predicted octanol–water partition coefficient (Wildman–Crippen LogP) is 2.96. The lowest BCUT2D eigenvalue weighted by Crippen LogP contribution is -2.49. The van der Waals surface area contributed by atoms with Crippen molar-refractivity contribution in [3.63, 3.8) is 0 Å². The monoisotopic (exact) mass is 527 g/mol. The van der Waals surface area contributed by atoms with Crippen molar-refractivity contribution in [2.75, 3.05) is 49.1 Å². The molecule has 1 amide bonds. The highest BCUT2D eigenvalue weighted by Gasteiger charge is 2.29. The molecule has 3 N–H and O–H groups in total. The summed E-state index contributed by atoms with van der Waals surface area (Å²) in [6.07, 6.45) is 2.88. The first kappa shape index (κ1) is 25.4. The number of carbonyl (C=O) groups excluding carboxylic acids is 1. The zero-order chi connectivity index (χ0) is 27.3. The fraction of sp³-hybridized carbons (Fsp3) is 0.448. The number of H-pyrrole nitrogens is 1. The van der Waals surface area contributed by atoms with Crippen LogP contribution in [0.2, 0.25) is 0 Å². The summed E-state index contributed by atoms with van der Waals surface area (Å²) < 4.78 is 1.99. The highest BCUT2D eigenvalue weighted by atomic mass is 16.1. The maximum absolute atomic E-state index is 11.5. The van der Waals surface area contributed by atoms with Crippen molar-refractivity contribution < 1.29 is 4.79 Å². The Hall–Kier alpha value is -3.92. The minimum atomic E-state index is -0.285. The largest absolute Gasteiger partial charge is 0.369 e. The molecular weight excluding hydrogens is 490 g/mol. The van der Waals surface area contributed by atoms with E-state index in [0.717, 1.165) is 85.6 Å². The molecule has 0 atom stereocenters. The average molecular weight is 528 g/mol. The summed E-state index contributed by atoms with van der Waals surface area (Å²) in [6.45, 7) is 11.5. The van der Waals surface area contributed by atoms with Gasteiger partial charge >= 0.3 is 0 Å². The lowest BCUT2D eigenvalue weighted by molar-refractivity contribution is -0.119. The zero-order valence-electron chi connectivity index (χ0n) is 23.2. The summed E-state index contributed by atoms with van der Waals surface area (Å²) in [6, 6.07) is 8.50. The van der Waals surface area contributed by atoms with E-state index in [4.69, 9.17) is 20.8 Å². The van der Waals surface area contributed by atoms with E-state index in [1.807, 2.05) is 17.9 Å². The molecule has 0 spiro atoms. The van der Waals surface area contributed by atoms with Gasteiger partial charge in [0.25, 0.3) is 0 Å². The van der Waals surface area contributed by atoms with Crippen molar-refractivity contribution >= 4 is 28.4 Å². The molecule has 0 saturated carbocycles. The molecule has 10 nitrogen and oxygen atoms in total. The summed E-state index contributed by atoms with van der Waals surface area (Å²) in [4.78, 5) is 32.2. The maximum atomic E-state index is 11.5. The number of nitrogens with two attached hydrogens (primary N) is 1. The quantitative estimate of drug-likeness (QED) is 0.396. The summed E-state index contributed by atoms with van der Waals surface area (Å²) in [5.74, 6) is 2.98. The van der Waals surface area contributed by atoms with Gasteiger partial charge in [0.05, 0.1) is 17.9 Å². The fourth-order valence-corrected chi connectivity index (χ4v) is 5.91. The van der Waals surface area contributed by atoms with Crippen LogP contribution in [0.5, 0.6) is 0 Å². The molecule has 10 heteroatoms. The second kappa shape index (κ2) is 10.00. The minimum Gasteiger partial charge on any atom is -0.369 e. The summed E-state index contributed by atoms with van der Waals surface area (Å²) in [7, 11) is 2.02. The standard InChI is InChI=1S/C29H37N9O/c1-18(2)24-14-26(35(4)34-24)38-9-8-22-21(16-38)29(37-12-10-36(11-13-37)17-25(30)39)33-28(32-22)20-6-5-7-23-27(20)19(3)15-31-23/h5-7,14-15,18,31H,8-13,16-17H2,1-4H3,(H2,30,39). The van der Waals surface area contributed by atoms with Crippen LogP contribution in [0.1, 0.15) is 42.3 Å². The van der Waals surface area contributed by atoms with E-state index in [1.165, 1.54) is 16.5 Å².